The Morgan fingerprint density at radius 1 is 1.30 bits per heavy atom. The maximum absolute atomic E-state index is 13.5. The number of benzene rings is 1. The van der Waals surface area contributed by atoms with Gasteiger partial charge in [0.15, 0.2) is 11.7 Å². The molecule has 0 bridgehead atoms. The second-order valence-electron chi connectivity index (χ2n) is 7.52. The lowest BCUT2D eigenvalue weighted by Crippen LogP contribution is -2.50. The first kappa shape index (κ1) is 22.0. The van der Waals surface area contributed by atoms with Gasteiger partial charge in [-0.15, -0.1) is 5.10 Å². The van der Waals surface area contributed by atoms with E-state index in [-0.39, 0.29) is 11.6 Å². The fraction of sp³-hybridized carbons (Fsp3) is 0.333. The third-order valence-electron chi connectivity index (χ3n) is 4.77. The molecule has 2 heterocycles. The molecule has 0 saturated carbocycles. The zero-order chi connectivity index (χ0) is 21.9. The first-order valence-corrected chi connectivity index (χ1v) is 10.7. The summed E-state index contributed by atoms with van der Waals surface area (Å²) in [6.07, 6.45) is 0.712. The average Bonchev–Trinajstić information content (AvgIpc) is 3.37. The summed E-state index contributed by atoms with van der Waals surface area (Å²) >= 11 is 7.25. The first-order valence-electron chi connectivity index (χ1n) is 9.46. The quantitative estimate of drug-likeness (QED) is 0.563. The van der Waals surface area contributed by atoms with Gasteiger partial charge >= 0.3 is 0 Å². The summed E-state index contributed by atoms with van der Waals surface area (Å²) in [5.74, 6) is 0.127. The number of amides is 2. The number of nitrogens with zero attached hydrogens (tertiary/aromatic N) is 3. The topological polar surface area (TPSA) is 88.3 Å². The maximum Gasteiger partial charge on any atom is 0.280 e. The van der Waals surface area contributed by atoms with E-state index in [0.717, 1.165) is 11.5 Å². The zero-order valence-corrected chi connectivity index (χ0v) is 18.8. The van der Waals surface area contributed by atoms with Gasteiger partial charge in [-0.25, -0.2) is 0 Å². The molecule has 0 spiro atoms. The molecule has 0 aliphatic rings. The summed E-state index contributed by atoms with van der Waals surface area (Å²) in [6.45, 7) is 7.61. The van der Waals surface area contributed by atoms with Crippen molar-refractivity contribution in [3.63, 3.8) is 0 Å². The minimum Gasteiger partial charge on any atom is -0.464 e. The number of anilines is 1. The number of carbonyl (C=O) groups is 2. The smallest absolute Gasteiger partial charge is 0.280 e. The van der Waals surface area contributed by atoms with Crippen molar-refractivity contribution in [1.29, 1.82) is 0 Å². The SMILES string of the molecule is CCC(C)(C)NC(=O)[C@H](c1ccc(C)o1)N(C(=O)c1csnn1)c1cccc(Cl)c1. The van der Waals surface area contributed by atoms with Gasteiger partial charge in [-0.1, -0.05) is 29.1 Å². The molecule has 0 aliphatic heterocycles. The molecule has 9 heteroatoms. The molecule has 3 rings (SSSR count). The van der Waals surface area contributed by atoms with Crippen LogP contribution in [0.2, 0.25) is 5.02 Å². The summed E-state index contributed by atoms with van der Waals surface area (Å²) in [5, 5.41) is 8.89. The predicted molar refractivity (Wildman–Crippen MR) is 117 cm³/mol. The molecule has 1 aromatic carbocycles. The number of aryl methyl sites for hydroxylation is 1. The molecule has 0 aliphatic carbocycles. The van der Waals surface area contributed by atoms with Crippen molar-refractivity contribution in [3.05, 3.63) is 64.0 Å². The Balaban J connectivity index is 2.15. The van der Waals surface area contributed by atoms with Crippen LogP contribution in [0.25, 0.3) is 0 Å². The molecule has 1 N–H and O–H groups in total. The van der Waals surface area contributed by atoms with Gasteiger partial charge in [0.05, 0.1) is 0 Å². The summed E-state index contributed by atoms with van der Waals surface area (Å²) in [5.41, 5.74) is 0.113. The Morgan fingerprint density at radius 3 is 2.63 bits per heavy atom. The Labute approximate surface area is 184 Å². The van der Waals surface area contributed by atoms with E-state index in [2.05, 4.69) is 14.9 Å². The predicted octanol–water partition coefficient (Wildman–Crippen LogP) is 4.79. The van der Waals surface area contributed by atoms with Crippen LogP contribution >= 0.6 is 23.1 Å². The molecule has 7 nitrogen and oxygen atoms in total. The molecule has 30 heavy (non-hydrogen) atoms. The lowest BCUT2D eigenvalue weighted by Gasteiger charge is -2.33. The number of aromatic nitrogens is 2. The number of carbonyl (C=O) groups excluding carboxylic acids is 2. The highest BCUT2D eigenvalue weighted by Gasteiger charge is 2.38. The van der Waals surface area contributed by atoms with Crippen LogP contribution < -0.4 is 10.2 Å². The van der Waals surface area contributed by atoms with Crippen LogP contribution in [0.15, 0.2) is 46.2 Å². The monoisotopic (exact) mass is 446 g/mol. The van der Waals surface area contributed by atoms with Gasteiger partial charge < -0.3 is 9.73 Å². The largest absolute Gasteiger partial charge is 0.464 e. The molecule has 0 unspecified atom stereocenters. The van der Waals surface area contributed by atoms with E-state index in [9.17, 15) is 9.59 Å². The maximum atomic E-state index is 13.5. The van der Waals surface area contributed by atoms with Crippen molar-refractivity contribution >= 4 is 40.6 Å². The lowest BCUT2D eigenvalue weighted by molar-refractivity contribution is -0.124. The standard InChI is InChI=1S/C21H23ClN4O3S/c1-5-21(3,4)23-19(27)18(17-10-9-13(2)29-17)26(15-8-6-7-14(22)11-15)20(28)16-12-30-25-24-16/h6-12,18H,5H2,1-4H3,(H,23,27)/t18-/m0/s1. The van der Waals surface area contributed by atoms with Crippen molar-refractivity contribution in [2.24, 2.45) is 0 Å². The van der Waals surface area contributed by atoms with Gasteiger partial charge in [-0.3, -0.25) is 14.5 Å². The van der Waals surface area contributed by atoms with Crippen LogP contribution in [0.3, 0.4) is 0 Å². The van der Waals surface area contributed by atoms with Gasteiger partial charge in [0.1, 0.15) is 11.5 Å². The number of hydrogen-bond acceptors (Lipinski definition) is 6. The zero-order valence-electron chi connectivity index (χ0n) is 17.2. The molecule has 158 valence electrons. The normalized spacial score (nSPS) is 12.4. The minimum atomic E-state index is -1.06. The van der Waals surface area contributed by atoms with Gasteiger partial charge in [0.2, 0.25) is 0 Å². The number of halogens is 1. The Hall–Kier alpha value is -2.71. The van der Waals surface area contributed by atoms with Gasteiger partial charge in [0.25, 0.3) is 11.8 Å². The molecular formula is C21H23ClN4O3S. The average molecular weight is 447 g/mol. The van der Waals surface area contributed by atoms with Gasteiger partial charge in [0, 0.05) is 21.6 Å². The van der Waals surface area contributed by atoms with E-state index in [4.69, 9.17) is 16.0 Å². The number of furan rings is 1. The van der Waals surface area contributed by atoms with Crippen molar-refractivity contribution in [2.45, 2.75) is 45.7 Å². The van der Waals surface area contributed by atoms with Gasteiger partial charge in [-0.05, 0) is 69.1 Å². The van der Waals surface area contributed by atoms with Crippen LogP contribution in [-0.4, -0.2) is 26.9 Å². The molecule has 0 saturated heterocycles. The molecule has 0 radical (unpaired) electrons. The second-order valence-corrected chi connectivity index (χ2v) is 8.57. The first-order chi connectivity index (χ1) is 14.2. The Bertz CT molecular complexity index is 1030. The molecule has 1 atom stereocenters. The lowest BCUT2D eigenvalue weighted by atomic mass is 10.0. The number of hydrogen-bond donors (Lipinski definition) is 1. The second kappa shape index (κ2) is 8.97. The third-order valence-corrected chi connectivity index (χ3v) is 5.51. The molecular weight excluding hydrogens is 424 g/mol. The molecule has 2 amide bonds. The highest BCUT2D eigenvalue weighted by molar-refractivity contribution is 7.03. The van der Waals surface area contributed by atoms with E-state index < -0.39 is 17.5 Å². The molecule has 0 fully saturated rings. The van der Waals surface area contributed by atoms with E-state index in [1.807, 2.05) is 20.8 Å². The van der Waals surface area contributed by atoms with Crippen molar-refractivity contribution in [2.75, 3.05) is 4.90 Å². The van der Waals surface area contributed by atoms with E-state index in [0.29, 0.717) is 28.7 Å². The van der Waals surface area contributed by atoms with E-state index in [1.165, 1.54) is 10.3 Å². The van der Waals surface area contributed by atoms with Crippen LogP contribution in [0.1, 0.15) is 55.2 Å². The van der Waals surface area contributed by atoms with Crippen molar-refractivity contribution < 1.29 is 14.0 Å². The Kier molecular flexibility index (Phi) is 6.58. The summed E-state index contributed by atoms with van der Waals surface area (Å²) in [7, 11) is 0. The van der Waals surface area contributed by atoms with E-state index in [1.54, 1.807) is 43.3 Å². The van der Waals surface area contributed by atoms with Crippen LogP contribution in [0.4, 0.5) is 5.69 Å². The van der Waals surface area contributed by atoms with Crippen molar-refractivity contribution in [3.8, 4) is 0 Å². The molecule has 2 aromatic heterocycles. The fourth-order valence-corrected chi connectivity index (χ4v) is 3.47. The summed E-state index contributed by atoms with van der Waals surface area (Å²) < 4.78 is 9.58. The number of nitrogens with one attached hydrogen (secondary N) is 1. The summed E-state index contributed by atoms with van der Waals surface area (Å²) in [6, 6.07) is 9.15. The van der Waals surface area contributed by atoms with Gasteiger partial charge in [-0.2, -0.15) is 0 Å². The van der Waals surface area contributed by atoms with Crippen molar-refractivity contribution in [1.82, 2.24) is 14.9 Å². The molecule has 3 aromatic rings. The highest BCUT2D eigenvalue weighted by Crippen LogP contribution is 2.32. The Morgan fingerprint density at radius 2 is 2.07 bits per heavy atom. The fourth-order valence-electron chi connectivity index (χ4n) is 2.86. The minimum absolute atomic E-state index is 0.135. The number of rotatable bonds is 7. The van der Waals surface area contributed by atoms with E-state index >= 15 is 0 Å². The van der Waals surface area contributed by atoms with Crippen LogP contribution in [0.5, 0.6) is 0 Å². The third kappa shape index (κ3) is 4.88. The summed E-state index contributed by atoms with van der Waals surface area (Å²) in [4.78, 5) is 28.3. The van der Waals surface area contributed by atoms with Crippen LogP contribution in [-0.2, 0) is 4.79 Å². The highest BCUT2D eigenvalue weighted by atomic mass is 35.5. The van der Waals surface area contributed by atoms with Crippen LogP contribution in [0, 0.1) is 6.92 Å².